The minimum absolute atomic E-state index is 0.249. The van der Waals surface area contributed by atoms with Crippen LogP contribution in [-0.2, 0) is 6.54 Å². The Balaban J connectivity index is 1.53. The second kappa shape index (κ2) is 6.25. The van der Waals surface area contributed by atoms with Crippen molar-refractivity contribution in [3.05, 3.63) is 71.3 Å². The Morgan fingerprint density at radius 2 is 1.83 bits per heavy atom. The molecule has 0 spiro atoms. The number of amidine groups is 1. The largest absolute Gasteiger partial charge is 0.423 e. The molecular weight excluding hydrogens is 326 g/mol. The number of anilines is 1. The molecule has 0 amide bonds. The molecule has 3 heterocycles. The Bertz CT molecular complexity index is 914. The first-order chi connectivity index (χ1) is 11.8. The lowest BCUT2D eigenvalue weighted by molar-refractivity contribution is 0.442. The summed E-state index contributed by atoms with van der Waals surface area (Å²) < 4.78 is 5.57. The van der Waals surface area contributed by atoms with Crippen LogP contribution in [0.5, 0.6) is 11.8 Å². The lowest BCUT2D eigenvalue weighted by Crippen LogP contribution is -2.13. The molecule has 0 saturated carbocycles. The molecule has 0 atom stereocenters. The van der Waals surface area contributed by atoms with Gasteiger partial charge in [0, 0.05) is 29.8 Å². The van der Waals surface area contributed by atoms with Gasteiger partial charge >= 0.3 is 6.01 Å². The van der Waals surface area contributed by atoms with E-state index in [9.17, 15) is 0 Å². The van der Waals surface area contributed by atoms with E-state index in [1.807, 2.05) is 18.2 Å². The molecule has 0 aliphatic carbocycles. The highest BCUT2D eigenvalue weighted by atomic mass is 35.5. The van der Waals surface area contributed by atoms with Crippen LogP contribution >= 0.6 is 11.6 Å². The van der Waals surface area contributed by atoms with Gasteiger partial charge in [-0.25, -0.2) is 9.97 Å². The molecule has 7 heteroatoms. The third-order valence-corrected chi connectivity index (χ3v) is 3.76. The van der Waals surface area contributed by atoms with Crippen molar-refractivity contribution < 1.29 is 4.74 Å². The van der Waals surface area contributed by atoms with E-state index in [2.05, 4.69) is 25.3 Å². The molecule has 6 nitrogen and oxygen atoms in total. The first-order valence-corrected chi connectivity index (χ1v) is 7.67. The van der Waals surface area contributed by atoms with Gasteiger partial charge in [-0.15, -0.1) is 0 Å². The summed E-state index contributed by atoms with van der Waals surface area (Å²) in [6.07, 6.45) is 4.97. The molecule has 0 fully saturated rings. The minimum atomic E-state index is 0.249. The topological polar surface area (TPSA) is 72.3 Å². The first-order valence-electron chi connectivity index (χ1n) is 7.30. The number of nitrogens with one attached hydrogen (secondary N) is 1. The number of halogens is 1. The van der Waals surface area contributed by atoms with Crippen LogP contribution in [-0.4, -0.2) is 20.8 Å². The van der Waals surface area contributed by atoms with Crippen LogP contribution in [0.4, 0.5) is 5.69 Å². The highest BCUT2D eigenvalue weighted by molar-refractivity contribution is 6.32. The van der Waals surface area contributed by atoms with E-state index >= 15 is 0 Å². The fourth-order valence-electron chi connectivity index (χ4n) is 2.35. The van der Waals surface area contributed by atoms with E-state index in [0.29, 0.717) is 17.3 Å². The standard InChI is InChI=1S/C17H12ClN5O/c18-13-9-12(4-5-14(13)24-17-20-7-2-8-21-17)23-16-15-11(10-22-16)3-1-6-19-15/h1-9H,10H2,(H,22,23). The zero-order valence-corrected chi connectivity index (χ0v) is 13.2. The van der Waals surface area contributed by atoms with Gasteiger partial charge in [0.25, 0.3) is 0 Å². The molecule has 4 rings (SSSR count). The maximum absolute atomic E-state index is 6.29. The number of hydrogen-bond acceptors (Lipinski definition) is 6. The third kappa shape index (κ3) is 2.91. The number of benzene rings is 1. The van der Waals surface area contributed by atoms with Gasteiger partial charge < -0.3 is 10.1 Å². The molecule has 0 radical (unpaired) electrons. The molecule has 1 aromatic carbocycles. The Morgan fingerprint density at radius 1 is 1.00 bits per heavy atom. The lowest BCUT2D eigenvalue weighted by Gasteiger charge is -2.10. The third-order valence-electron chi connectivity index (χ3n) is 3.46. The van der Waals surface area contributed by atoms with E-state index in [0.717, 1.165) is 22.8 Å². The highest BCUT2D eigenvalue weighted by Gasteiger charge is 2.17. The molecule has 1 aliphatic heterocycles. The van der Waals surface area contributed by atoms with Gasteiger partial charge in [0.15, 0.2) is 5.84 Å². The molecule has 1 aliphatic rings. The Kier molecular flexibility index (Phi) is 3.80. The van der Waals surface area contributed by atoms with Gasteiger partial charge in [-0.3, -0.25) is 9.98 Å². The molecule has 3 aromatic rings. The number of aromatic nitrogens is 3. The van der Waals surface area contributed by atoms with Crippen molar-refractivity contribution in [3.63, 3.8) is 0 Å². The van der Waals surface area contributed by atoms with Gasteiger partial charge in [-0.1, -0.05) is 17.7 Å². The summed E-state index contributed by atoms with van der Waals surface area (Å²) in [5.74, 6) is 1.22. The van der Waals surface area contributed by atoms with Crippen LogP contribution in [0, 0.1) is 0 Å². The van der Waals surface area contributed by atoms with Crippen molar-refractivity contribution in [1.82, 2.24) is 15.0 Å². The fraction of sp³-hybridized carbons (Fsp3) is 0.0588. The van der Waals surface area contributed by atoms with Gasteiger partial charge in [0.1, 0.15) is 11.4 Å². The summed E-state index contributed by atoms with van der Waals surface area (Å²) in [7, 11) is 0. The van der Waals surface area contributed by atoms with E-state index in [1.165, 1.54) is 0 Å². The summed E-state index contributed by atoms with van der Waals surface area (Å²) >= 11 is 6.29. The summed E-state index contributed by atoms with van der Waals surface area (Å²) in [5, 5.41) is 3.70. The highest BCUT2D eigenvalue weighted by Crippen LogP contribution is 2.30. The predicted octanol–water partition coefficient (Wildman–Crippen LogP) is 3.69. The van der Waals surface area contributed by atoms with E-state index in [1.54, 1.807) is 36.8 Å². The van der Waals surface area contributed by atoms with Crippen molar-refractivity contribution >= 4 is 23.1 Å². The number of ether oxygens (including phenoxy) is 1. The zero-order valence-electron chi connectivity index (χ0n) is 12.5. The molecule has 0 bridgehead atoms. The van der Waals surface area contributed by atoms with Crippen LogP contribution in [0.2, 0.25) is 5.02 Å². The molecular formula is C17H12ClN5O. The maximum Gasteiger partial charge on any atom is 0.321 e. The predicted molar refractivity (Wildman–Crippen MR) is 91.7 cm³/mol. The summed E-state index contributed by atoms with van der Waals surface area (Å²) in [6.45, 7) is 0.631. The molecule has 0 saturated heterocycles. The van der Waals surface area contributed by atoms with Gasteiger partial charge in [0.05, 0.1) is 11.6 Å². The van der Waals surface area contributed by atoms with Crippen LogP contribution in [0.15, 0.2) is 60.0 Å². The molecule has 2 aromatic heterocycles. The van der Waals surface area contributed by atoms with Gasteiger partial charge in [-0.2, -0.15) is 0 Å². The second-order valence-electron chi connectivity index (χ2n) is 5.08. The van der Waals surface area contributed by atoms with Crippen molar-refractivity contribution in [2.75, 3.05) is 5.32 Å². The van der Waals surface area contributed by atoms with Crippen LogP contribution < -0.4 is 10.1 Å². The minimum Gasteiger partial charge on any atom is -0.423 e. The normalized spacial score (nSPS) is 12.5. The lowest BCUT2D eigenvalue weighted by atomic mass is 10.2. The average molecular weight is 338 g/mol. The van der Waals surface area contributed by atoms with Crippen molar-refractivity contribution in [1.29, 1.82) is 0 Å². The first kappa shape index (κ1) is 14.6. The second-order valence-corrected chi connectivity index (χ2v) is 5.49. The van der Waals surface area contributed by atoms with Crippen molar-refractivity contribution in [2.45, 2.75) is 6.54 Å². The van der Waals surface area contributed by atoms with Gasteiger partial charge in [-0.05, 0) is 30.3 Å². The van der Waals surface area contributed by atoms with Crippen LogP contribution in [0.1, 0.15) is 11.3 Å². The SMILES string of the molecule is Clc1cc(NC2=NCc3cccnc32)ccc1Oc1ncccn1. The number of rotatable bonds is 3. The fourth-order valence-corrected chi connectivity index (χ4v) is 2.57. The summed E-state index contributed by atoms with van der Waals surface area (Å²) in [5.41, 5.74) is 2.78. The van der Waals surface area contributed by atoms with Crippen molar-refractivity contribution in [2.24, 2.45) is 4.99 Å². The molecule has 24 heavy (non-hydrogen) atoms. The monoisotopic (exact) mass is 337 g/mol. The number of fused-ring (bicyclic) bond motifs is 1. The van der Waals surface area contributed by atoms with Gasteiger partial charge in [0.2, 0.25) is 0 Å². The number of pyridine rings is 1. The molecule has 118 valence electrons. The Morgan fingerprint density at radius 3 is 2.67 bits per heavy atom. The maximum atomic E-state index is 6.29. The molecule has 1 N–H and O–H groups in total. The van der Waals surface area contributed by atoms with E-state index in [4.69, 9.17) is 16.3 Å². The number of nitrogens with zero attached hydrogens (tertiary/aromatic N) is 4. The summed E-state index contributed by atoms with van der Waals surface area (Å²) in [6, 6.07) is 11.3. The van der Waals surface area contributed by atoms with Crippen LogP contribution in [0.3, 0.4) is 0 Å². The van der Waals surface area contributed by atoms with Crippen molar-refractivity contribution in [3.8, 4) is 11.8 Å². The molecule has 0 unspecified atom stereocenters. The van der Waals surface area contributed by atoms with Crippen LogP contribution in [0.25, 0.3) is 0 Å². The Labute approximate surface area is 143 Å². The quantitative estimate of drug-likeness (QED) is 0.789. The smallest absolute Gasteiger partial charge is 0.321 e. The number of aliphatic imine (C=N–C) groups is 1. The summed E-state index contributed by atoms with van der Waals surface area (Å²) in [4.78, 5) is 16.9. The van der Waals surface area contributed by atoms with E-state index < -0.39 is 0 Å². The Hall–Kier alpha value is -2.99. The average Bonchev–Trinajstić information content (AvgIpc) is 3.01. The zero-order chi connectivity index (χ0) is 16.4. The number of hydrogen-bond donors (Lipinski definition) is 1. The van der Waals surface area contributed by atoms with E-state index in [-0.39, 0.29) is 6.01 Å².